The summed E-state index contributed by atoms with van der Waals surface area (Å²) >= 11 is 11.8. The lowest BCUT2D eigenvalue weighted by Gasteiger charge is -2.17. The number of carbonyl (C=O) groups is 1. The van der Waals surface area contributed by atoms with Gasteiger partial charge in [-0.15, -0.1) is 0 Å². The summed E-state index contributed by atoms with van der Waals surface area (Å²) in [5, 5.41) is 0. The Kier molecular flexibility index (Phi) is 3.36. The summed E-state index contributed by atoms with van der Waals surface area (Å²) in [6.45, 7) is 0. The van der Waals surface area contributed by atoms with Crippen LogP contribution in [0.25, 0.3) is 0 Å². The fraction of sp³-hybridized carbons (Fsp3) is 0.154. The second kappa shape index (κ2) is 4.63. The van der Waals surface area contributed by atoms with Crippen LogP contribution < -0.4 is 0 Å². The van der Waals surface area contributed by atoms with Crippen molar-refractivity contribution in [3.63, 3.8) is 0 Å². The van der Waals surface area contributed by atoms with Gasteiger partial charge >= 0.3 is 0 Å². The van der Waals surface area contributed by atoms with Gasteiger partial charge < -0.3 is 0 Å². The van der Waals surface area contributed by atoms with Crippen LogP contribution in [0.4, 0.5) is 4.39 Å². The number of allylic oxidation sites excluding steroid dienone is 4. The highest BCUT2D eigenvalue weighted by molar-refractivity contribution is 6.50. The molecule has 0 aromatic heterocycles. The first-order valence-corrected chi connectivity index (χ1v) is 5.81. The average Bonchev–Trinajstić information content (AvgIpc) is 2.29. The van der Waals surface area contributed by atoms with Crippen molar-refractivity contribution in [1.82, 2.24) is 0 Å². The molecule has 2 rings (SSSR count). The molecule has 1 aliphatic rings. The summed E-state index contributed by atoms with van der Waals surface area (Å²) in [7, 11) is 0. The minimum atomic E-state index is -0.938. The molecule has 0 saturated heterocycles. The standard InChI is InChI=1S/C13H9Cl2FO/c14-13(15)7-5-10(6-8-13)12(17)9-1-3-11(16)4-2-9/h1-7H,8H2. The lowest BCUT2D eigenvalue weighted by atomic mass is 9.98. The molecule has 0 bridgehead atoms. The van der Waals surface area contributed by atoms with Crippen molar-refractivity contribution in [3.8, 4) is 0 Å². The molecular formula is C13H9Cl2FO. The Morgan fingerprint density at radius 2 is 1.88 bits per heavy atom. The third-order valence-corrected chi connectivity index (χ3v) is 3.03. The fourth-order valence-corrected chi connectivity index (χ4v) is 1.81. The van der Waals surface area contributed by atoms with Crippen LogP contribution in [0.2, 0.25) is 0 Å². The highest BCUT2D eigenvalue weighted by Gasteiger charge is 2.23. The molecule has 0 atom stereocenters. The molecule has 1 aromatic rings. The Labute approximate surface area is 109 Å². The molecule has 0 unspecified atom stereocenters. The molecule has 0 amide bonds. The van der Waals surface area contributed by atoms with Gasteiger partial charge in [0.15, 0.2) is 5.78 Å². The quantitative estimate of drug-likeness (QED) is 0.585. The predicted octanol–water partition coefficient (Wildman–Crippen LogP) is 4.07. The van der Waals surface area contributed by atoms with Gasteiger partial charge in [-0.3, -0.25) is 4.79 Å². The maximum atomic E-state index is 12.7. The number of benzene rings is 1. The first kappa shape index (κ1) is 12.3. The predicted molar refractivity (Wildman–Crippen MR) is 67.0 cm³/mol. The molecule has 0 N–H and O–H groups in total. The van der Waals surface area contributed by atoms with Crippen molar-refractivity contribution in [1.29, 1.82) is 0 Å². The first-order chi connectivity index (χ1) is 7.98. The van der Waals surface area contributed by atoms with Gasteiger partial charge in [-0.05, 0) is 30.3 Å². The molecule has 1 aromatic carbocycles. The molecule has 0 fully saturated rings. The fourth-order valence-electron chi connectivity index (χ4n) is 1.53. The lowest BCUT2D eigenvalue weighted by Crippen LogP contribution is -2.13. The van der Waals surface area contributed by atoms with E-state index >= 15 is 0 Å². The Hall–Kier alpha value is -1.12. The zero-order valence-corrected chi connectivity index (χ0v) is 10.3. The van der Waals surface area contributed by atoms with Crippen molar-refractivity contribution < 1.29 is 9.18 Å². The summed E-state index contributed by atoms with van der Waals surface area (Å²) < 4.78 is 11.8. The number of hydrogen-bond donors (Lipinski definition) is 0. The molecule has 0 spiro atoms. The minimum absolute atomic E-state index is 0.162. The van der Waals surface area contributed by atoms with E-state index in [1.807, 2.05) is 0 Å². The maximum absolute atomic E-state index is 12.7. The minimum Gasteiger partial charge on any atom is -0.289 e. The van der Waals surface area contributed by atoms with Crippen molar-refractivity contribution in [3.05, 3.63) is 59.4 Å². The second-order valence-corrected chi connectivity index (χ2v) is 5.34. The van der Waals surface area contributed by atoms with E-state index in [0.717, 1.165) is 0 Å². The van der Waals surface area contributed by atoms with Crippen LogP contribution in [-0.2, 0) is 0 Å². The number of halogens is 3. The van der Waals surface area contributed by atoms with Gasteiger partial charge in [0.1, 0.15) is 10.2 Å². The van der Waals surface area contributed by atoms with Crippen LogP contribution in [0.3, 0.4) is 0 Å². The van der Waals surface area contributed by atoms with Crippen LogP contribution in [0.15, 0.2) is 48.1 Å². The van der Waals surface area contributed by atoms with E-state index < -0.39 is 4.33 Å². The van der Waals surface area contributed by atoms with E-state index in [2.05, 4.69) is 0 Å². The second-order valence-electron chi connectivity index (χ2n) is 3.79. The molecule has 88 valence electrons. The topological polar surface area (TPSA) is 17.1 Å². The summed E-state index contributed by atoms with van der Waals surface area (Å²) in [6, 6.07) is 5.42. The van der Waals surface area contributed by atoms with E-state index in [4.69, 9.17) is 23.2 Å². The first-order valence-electron chi connectivity index (χ1n) is 5.05. The summed E-state index contributed by atoms with van der Waals surface area (Å²) in [4.78, 5) is 12.0. The van der Waals surface area contributed by atoms with Crippen LogP contribution in [0.5, 0.6) is 0 Å². The van der Waals surface area contributed by atoms with Gasteiger partial charge in [-0.1, -0.05) is 35.4 Å². The Bertz CT molecular complexity index is 501. The van der Waals surface area contributed by atoms with Gasteiger partial charge in [-0.25, -0.2) is 4.39 Å². The van der Waals surface area contributed by atoms with E-state index in [-0.39, 0.29) is 11.6 Å². The highest BCUT2D eigenvalue weighted by Crippen LogP contribution is 2.32. The van der Waals surface area contributed by atoms with Crippen molar-refractivity contribution in [2.24, 2.45) is 0 Å². The van der Waals surface area contributed by atoms with Crippen molar-refractivity contribution >= 4 is 29.0 Å². The largest absolute Gasteiger partial charge is 0.289 e. The zero-order chi connectivity index (χ0) is 12.5. The van der Waals surface area contributed by atoms with Crippen molar-refractivity contribution in [2.75, 3.05) is 0 Å². The van der Waals surface area contributed by atoms with E-state index in [9.17, 15) is 9.18 Å². The SMILES string of the molecule is O=C(C1=CCC(Cl)(Cl)C=C1)c1ccc(F)cc1. The maximum Gasteiger partial charge on any atom is 0.192 e. The van der Waals surface area contributed by atoms with Crippen LogP contribution >= 0.6 is 23.2 Å². The van der Waals surface area contributed by atoms with Crippen LogP contribution in [0, 0.1) is 5.82 Å². The summed E-state index contributed by atoms with van der Waals surface area (Å²) in [5.74, 6) is -0.527. The zero-order valence-electron chi connectivity index (χ0n) is 8.79. The Morgan fingerprint density at radius 3 is 2.41 bits per heavy atom. The van der Waals surface area contributed by atoms with Crippen LogP contribution in [-0.4, -0.2) is 10.1 Å². The van der Waals surface area contributed by atoms with Gasteiger partial charge in [0, 0.05) is 17.6 Å². The third kappa shape index (κ3) is 2.96. The molecule has 1 nitrogen and oxygen atoms in total. The number of alkyl halides is 2. The Morgan fingerprint density at radius 1 is 1.24 bits per heavy atom. The van der Waals surface area contributed by atoms with Gasteiger partial charge in [-0.2, -0.15) is 0 Å². The molecule has 0 radical (unpaired) electrons. The molecule has 0 saturated carbocycles. The summed E-state index contributed by atoms with van der Waals surface area (Å²) in [6.07, 6.45) is 5.24. The van der Waals surface area contributed by atoms with Crippen molar-refractivity contribution in [2.45, 2.75) is 10.8 Å². The van der Waals surface area contributed by atoms with E-state index in [1.165, 1.54) is 24.3 Å². The molecule has 17 heavy (non-hydrogen) atoms. The van der Waals surface area contributed by atoms with Crippen LogP contribution in [0.1, 0.15) is 16.8 Å². The Balaban J connectivity index is 2.20. The number of hydrogen-bond acceptors (Lipinski definition) is 1. The van der Waals surface area contributed by atoms with Gasteiger partial charge in [0.05, 0.1) is 0 Å². The number of carbonyl (C=O) groups excluding carboxylic acids is 1. The van der Waals surface area contributed by atoms with Gasteiger partial charge in [0.25, 0.3) is 0 Å². The highest BCUT2D eigenvalue weighted by atomic mass is 35.5. The number of rotatable bonds is 2. The molecule has 0 aliphatic heterocycles. The molecule has 1 aliphatic carbocycles. The normalized spacial score (nSPS) is 17.7. The average molecular weight is 271 g/mol. The van der Waals surface area contributed by atoms with E-state index in [1.54, 1.807) is 18.2 Å². The van der Waals surface area contributed by atoms with E-state index in [0.29, 0.717) is 17.6 Å². The smallest absolute Gasteiger partial charge is 0.192 e. The number of ketones is 1. The molecular weight excluding hydrogens is 262 g/mol. The molecule has 4 heteroatoms. The van der Waals surface area contributed by atoms with Gasteiger partial charge in [0.2, 0.25) is 0 Å². The summed E-state index contributed by atoms with van der Waals surface area (Å²) in [5.41, 5.74) is 0.965. The number of Topliss-reactive ketones (excluding diaryl/α,β-unsaturated/α-hetero) is 1. The lowest BCUT2D eigenvalue weighted by molar-refractivity contribution is 0.103. The molecule has 0 heterocycles. The monoisotopic (exact) mass is 270 g/mol. The third-order valence-electron chi connectivity index (χ3n) is 2.47.